The molecule has 0 spiro atoms. The van der Waals surface area contributed by atoms with E-state index in [1.165, 1.54) is 16.5 Å². The van der Waals surface area contributed by atoms with Crippen LogP contribution < -0.4 is 9.46 Å². The van der Waals surface area contributed by atoms with Gasteiger partial charge in [-0.15, -0.1) is 0 Å². The molecule has 0 aliphatic carbocycles. The van der Waals surface area contributed by atoms with Crippen molar-refractivity contribution in [1.82, 2.24) is 14.1 Å². The van der Waals surface area contributed by atoms with Crippen LogP contribution in [-0.4, -0.2) is 23.9 Å². The summed E-state index contributed by atoms with van der Waals surface area (Å²) in [7, 11) is -4.28. The third-order valence-corrected chi connectivity index (χ3v) is 5.27. The molecule has 2 heterocycles. The van der Waals surface area contributed by atoms with Gasteiger partial charge in [0.05, 0.1) is 0 Å². The van der Waals surface area contributed by atoms with Crippen LogP contribution in [0.5, 0.6) is 5.75 Å². The zero-order valence-electron chi connectivity index (χ0n) is 13.8. The molecule has 0 aliphatic rings. The molecular weight excluding hydrogens is 378 g/mol. The summed E-state index contributed by atoms with van der Waals surface area (Å²) in [6, 6.07) is 11.7. The average Bonchev–Trinajstić information content (AvgIpc) is 2.91. The summed E-state index contributed by atoms with van der Waals surface area (Å²) < 4.78 is 33.5. The van der Waals surface area contributed by atoms with Crippen LogP contribution in [0.1, 0.15) is 18.9 Å². The summed E-state index contributed by atoms with van der Waals surface area (Å²) in [6.07, 6.45) is 2.19. The van der Waals surface area contributed by atoms with Crippen molar-refractivity contribution in [2.45, 2.75) is 24.8 Å². The minimum Gasteiger partial charge on any atom is -0.410 e. The number of aromatic nitrogens is 2. The van der Waals surface area contributed by atoms with Crippen molar-refractivity contribution in [3.8, 4) is 5.75 Å². The van der Waals surface area contributed by atoms with Crippen molar-refractivity contribution >= 4 is 33.4 Å². The fraction of sp³-hybridized carbons (Fsp3) is 0.176. The van der Waals surface area contributed by atoms with Crippen LogP contribution in [0.3, 0.4) is 0 Å². The third-order valence-electron chi connectivity index (χ3n) is 3.56. The van der Waals surface area contributed by atoms with Crippen LogP contribution in [-0.2, 0) is 16.4 Å². The number of fused-ring (bicyclic) bond motifs is 1. The van der Waals surface area contributed by atoms with Gasteiger partial charge in [-0.1, -0.05) is 49.2 Å². The number of nitrogens with one attached hydrogen (secondary N) is 1. The number of rotatable bonds is 5. The minimum atomic E-state index is -4.28. The molecule has 7 nitrogen and oxygen atoms in total. The maximum absolute atomic E-state index is 12.6. The van der Waals surface area contributed by atoms with Gasteiger partial charge in [-0.25, -0.2) is 14.5 Å². The number of aryl methyl sites for hydroxylation is 1. The van der Waals surface area contributed by atoms with Gasteiger partial charge in [-0.2, -0.15) is 8.42 Å². The van der Waals surface area contributed by atoms with Gasteiger partial charge in [0, 0.05) is 6.20 Å². The number of hydrogen-bond donors (Lipinski definition) is 1. The topological polar surface area (TPSA) is 89.8 Å². The van der Waals surface area contributed by atoms with E-state index in [1.54, 1.807) is 30.5 Å². The Morgan fingerprint density at radius 1 is 1.23 bits per heavy atom. The highest BCUT2D eigenvalue weighted by Gasteiger charge is 2.27. The molecular formula is C17H16ClN3O4S. The van der Waals surface area contributed by atoms with E-state index in [9.17, 15) is 13.2 Å². The van der Waals surface area contributed by atoms with Crippen molar-refractivity contribution in [1.29, 1.82) is 0 Å². The fourth-order valence-electron chi connectivity index (χ4n) is 2.49. The summed E-state index contributed by atoms with van der Waals surface area (Å²) in [6.45, 7) is 2.02. The Labute approximate surface area is 155 Å². The molecule has 3 rings (SSSR count). The number of carbonyl (C=O) groups excluding carboxylic acids is 1. The molecule has 1 amide bonds. The molecule has 2 aromatic heterocycles. The summed E-state index contributed by atoms with van der Waals surface area (Å²) >= 11 is 6.02. The van der Waals surface area contributed by atoms with Gasteiger partial charge in [0.25, 0.3) is 10.0 Å². The molecule has 1 aromatic carbocycles. The monoisotopic (exact) mass is 393 g/mol. The Kier molecular flexibility index (Phi) is 5.15. The van der Waals surface area contributed by atoms with Gasteiger partial charge in [0.15, 0.2) is 10.2 Å². The van der Waals surface area contributed by atoms with Crippen molar-refractivity contribution in [3.05, 3.63) is 59.4 Å². The lowest BCUT2D eigenvalue weighted by Gasteiger charge is -2.08. The zero-order valence-corrected chi connectivity index (χ0v) is 15.4. The van der Waals surface area contributed by atoms with Gasteiger partial charge in [0.1, 0.15) is 11.4 Å². The highest BCUT2D eigenvalue weighted by molar-refractivity contribution is 7.90. The number of carbonyl (C=O) groups is 1. The quantitative estimate of drug-likeness (QED) is 0.717. The molecule has 0 saturated heterocycles. The van der Waals surface area contributed by atoms with Crippen LogP contribution in [0, 0.1) is 0 Å². The van der Waals surface area contributed by atoms with Crippen LogP contribution in [0.4, 0.5) is 4.79 Å². The summed E-state index contributed by atoms with van der Waals surface area (Å²) in [5.74, 6) is 0.217. The Hall–Kier alpha value is -2.58. The van der Waals surface area contributed by atoms with Crippen molar-refractivity contribution in [2.24, 2.45) is 0 Å². The van der Waals surface area contributed by atoms with E-state index in [4.69, 9.17) is 16.3 Å². The van der Waals surface area contributed by atoms with Crippen molar-refractivity contribution in [3.63, 3.8) is 0 Å². The summed E-state index contributed by atoms with van der Waals surface area (Å²) in [5, 5.41) is -0.532. The maximum Gasteiger partial charge on any atom is 0.426 e. The highest BCUT2D eigenvalue weighted by atomic mass is 35.5. The molecule has 0 aliphatic heterocycles. The molecule has 0 bridgehead atoms. The van der Waals surface area contributed by atoms with Crippen LogP contribution >= 0.6 is 11.6 Å². The number of benzene rings is 1. The molecule has 26 heavy (non-hydrogen) atoms. The number of imidazole rings is 1. The Bertz CT molecular complexity index is 1050. The Morgan fingerprint density at radius 3 is 2.65 bits per heavy atom. The van der Waals surface area contributed by atoms with Gasteiger partial charge in [-0.3, -0.25) is 4.40 Å². The van der Waals surface area contributed by atoms with E-state index in [1.807, 2.05) is 17.7 Å². The lowest BCUT2D eigenvalue weighted by molar-refractivity contribution is 0.207. The molecule has 9 heteroatoms. The lowest BCUT2D eigenvalue weighted by atomic mass is 10.2. The SMILES string of the molecule is CCCc1ccc2nc(Cl)c(S(=O)(=O)NC(=O)Oc3ccccc3)n2c1. The standard InChI is InChI=1S/C17H16ClN3O4S/c1-2-6-12-9-10-14-19-15(18)16(21(14)11-12)26(23,24)20-17(22)25-13-7-4-3-5-8-13/h3-5,7-11H,2,6H2,1H3,(H,20,22). The number of para-hydroxylation sites is 1. The van der Waals surface area contributed by atoms with E-state index in [0.29, 0.717) is 5.65 Å². The zero-order chi connectivity index (χ0) is 18.7. The first-order valence-electron chi connectivity index (χ1n) is 7.87. The van der Waals surface area contributed by atoms with E-state index in [2.05, 4.69) is 4.98 Å². The maximum atomic E-state index is 12.6. The van der Waals surface area contributed by atoms with Gasteiger partial charge in [-0.05, 0) is 30.2 Å². The minimum absolute atomic E-state index is 0.217. The molecule has 3 aromatic rings. The second-order valence-electron chi connectivity index (χ2n) is 5.53. The first-order chi connectivity index (χ1) is 12.4. The van der Waals surface area contributed by atoms with Crippen LogP contribution in [0.15, 0.2) is 53.7 Å². The van der Waals surface area contributed by atoms with E-state index in [0.717, 1.165) is 18.4 Å². The Morgan fingerprint density at radius 2 is 1.96 bits per heavy atom. The van der Waals surface area contributed by atoms with Gasteiger partial charge in [0.2, 0.25) is 0 Å². The molecule has 136 valence electrons. The number of nitrogens with zero attached hydrogens (tertiary/aromatic N) is 2. The second kappa shape index (κ2) is 7.35. The molecule has 0 fully saturated rings. The largest absolute Gasteiger partial charge is 0.426 e. The predicted octanol–water partition coefficient (Wildman–Crippen LogP) is 3.42. The number of amides is 1. The first kappa shape index (κ1) is 18.2. The third kappa shape index (κ3) is 3.81. The number of hydrogen-bond acceptors (Lipinski definition) is 5. The van der Waals surface area contributed by atoms with Gasteiger partial charge < -0.3 is 4.74 Å². The van der Waals surface area contributed by atoms with E-state index in [-0.39, 0.29) is 15.9 Å². The first-order valence-corrected chi connectivity index (χ1v) is 9.73. The molecule has 0 saturated carbocycles. The molecule has 1 N–H and O–H groups in total. The van der Waals surface area contributed by atoms with E-state index >= 15 is 0 Å². The molecule has 0 atom stereocenters. The highest BCUT2D eigenvalue weighted by Crippen LogP contribution is 2.23. The Balaban J connectivity index is 1.92. The van der Waals surface area contributed by atoms with E-state index < -0.39 is 16.1 Å². The number of ether oxygens (including phenoxy) is 1. The normalized spacial score (nSPS) is 11.5. The second-order valence-corrected chi connectivity index (χ2v) is 7.49. The summed E-state index contributed by atoms with van der Waals surface area (Å²) in [5.41, 5.74) is 1.30. The van der Waals surface area contributed by atoms with Crippen molar-refractivity contribution in [2.75, 3.05) is 0 Å². The average molecular weight is 394 g/mol. The number of halogens is 1. The lowest BCUT2D eigenvalue weighted by Crippen LogP contribution is -2.33. The van der Waals surface area contributed by atoms with Crippen LogP contribution in [0.25, 0.3) is 5.65 Å². The smallest absolute Gasteiger partial charge is 0.410 e. The fourth-order valence-corrected chi connectivity index (χ4v) is 4.00. The van der Waals surface area contributed by atoms with Gasteiger partial charge >= 0.3 is 6.09 Å². The summed E-state index contributed by atoms with van der Waals surface area (Å²) in [4.78, 5) is 16.0. The predicted molar refractivity (Wildman–Crippen MR) is 97.0 cm³/mol. The number of pyridine rings is 1. The molecule has 0 unspecified atom stereocenters. The van der Waals surface area contributed by atoms with Crippen molar-refractivity contribution < 1.29 is 17.9 Å². The molecule has 0 radical (unpaired) electrons. The number of sulfonamides is 1. The van der Waals surface area contributed by atoms with Crippen LogP contribution in [0.2, 0.25) is 5.15 Å².